The second-order valence-electron chi connectivity index (χ2n) is 8.89. The van der Waals surface area contributed by atoms with Gasteiger partial charge in [-0.15, -0.1) is 0 Å². The molecule has 1 atom stereocenters. The van der Waals surface area contributed by atoms with E-state index in [0.29, 0.717) is 38.2 Å². The highest BCUT2D eigenvalue weighted by atomic mass is 19.1. The van der Waals surface area contributed by atoms with Gasteiger partial charge in [0.1, 0.15) is 0 Å². The lowest BCUT2D eigenvalue weighted by molar-refractivity contribution is 0.0127. The van der Waals surface area contributed by atoms with Gasteiger partial charge in [0.2, 0.25) is 5.88 Å². The Morgan fingerprint density at radius 2 is 1.88 bits per heavy atom. The SMILES string of the molecule is CCCCOCC(O)CN(Cc1c(C)nn(-c2ccccc2)c1Oc1ccccc1F)C1CC1. The molecule has 4 rings (SSSR count). The summed E-state index contributed by atoms with van der Waals surface area (Å²) in [6.07, 6.45) is 3.68. The average Bonchev–Trinajstić information content (AvgIpc) is 3.65. The number of ether oxygens (including phenoxy) is 2. The van der Waals surface area contributed by atoms with Gasteiger partial charge in [0.05, 0.1) is 29.7 Å². The van der Waals surface area contributed by atoms with Crippen molar-refractivity contribution in [2.75, 3.05) is 19.8 Å². The molecule has 1 aliphatic rings. The normalized spacial score (nSPS) is 14.5. The van der Waals surface area contributed by atoms with Crippen LogP contribution < -0.4 is 4.74 Å². The van der Waals surface area contributed by atoms with Crippen LogP contribution in [0.4, 0.5) is 4.39 Å². The number of aliphatic hydroxyl groups excluding tert-OH is 1. The van der Waals surface area contributed by atoms with Gasteiger partial charge in [0.25, 0.3) is 0 Å². The summed E-state index contributed by atoms with van der Waals surface area (Å²) < 4.78 is 28.0. The summed E-state index contributed by atoms with van der Waals surface area (Å²) >= 11 is 0. The maximum atomic E-state index is 14.5. The Labute approximate surface area is 200 Å². The van der Waals surface area contributed by atoms with E-state index >= 15 is 0 Å². The van der Waals surface area contributed by atoms with E-state index < -0.39 is 11.9 Å². The smallest absolute Gasteiger partial charge is 0.227 e. The van der Waals surface area contributed by atoms with Gasteiger partial charge in [0.15, 0.2) is 11.6 Å². The Kier molecular flexibility index (Phi) is 8.32. The van der Waals surface area contributed by atoms with E-state index in [1.807, 2.05) is 37.3 Å². The number of hydrogen-bond donors (Lipinski definition) is 1. The van der Waals surface area contributed by atoms with Crippen LogP contribution in [0.3, 0.4) is 0 Å². The van der Waals surface area contributed by atoms with Crippen LogP contribution in [0.1, 0.15) is 43.9 Å². The fourth-order valence-electron chi connectivity index (χ4n) is 3.98. The lowest BCUT2D eigenvalue weighted by Crippen LogP contribution is -2.36. The third kappa shape index (κ3) is 6.23. The Morgan fingerprint density at radius 1 is 1.15 bits per heavy atom. The van der Waals surface area contributed by atoms with Crippen LogP contribution in [0.5, 0.6) is 11.6 Å². The van der Waals surface area contributed by atoms with E-state index in [1.165, 1.54) is 6.07 Å². The van der Waals surface area contributed by atoms with Crippen molar-refractivity contribution in [3.63, 3.8) is 0 Å². The van der Waals surface area contributed by atoms with Crippen LogP contribution in [-0.4, -0.2) is 51.7 Å². The summed E-state index contributed by atoms with van der Waals surface area (Å²) in [5.41, 5.74) is 2.54. The van der Waals surface area contributed by atoms with Crippen LogP contribution >= 0.6 is 0 Å². The molecule has 6 nitrogen and oxygen atoms in total. The van der Waals surface area contributed by atoms with Crippen LogP contribution in [0, 0.1) is 12.7 Å². The molecule has 1 aromatic heterocycles. The van der Waals surface area contributed by atoms with E-state index in [4.69, 9.17) is 14.6 Å². The molecule has 1 N–H and O–H groups in total. The third-order valence-corrected chi connectivity index (χ3v) is 6.00. The Hall–Kier alpha value is -2.74. The molecule has 0 radical (unpaired) electrons. The maximum absolute atomic E-state index is 14.5. The van der Waals surface area contributed by atoms with Gasteiger partial charge in [-0.25, -0.2) is 9.07 Å². The van der Waals surface area contributed by atoms with Crippen molar-refractivity contribution in [2.45, 2.75) is 58.2 Å². The first kappa shape index (κ1) is 24.4. The molecule has 0 bridgehead atoms. The minimum absolute atomic E-state index is 0.156. The number of para-hydroxylation sites is 2. The predicted molar refractivity (Wildman–Crippen MR) is 130 cm³/mol. The monoisotopic (exact) mass is 467 g/mol. The lowest BCUT2D eigenvalue weighted by atomic mass is 10.2. The Bertz CT molecular complexity index is 1050. The number of nitrogens with zero attached hydrogens (tertiary/aromatic N) is 3. The summed E-state index contributed by atoms with van der Waals surface area (Å²) in [6, 6.07) is 16.5. The molecule has 0 saturated heterocycles. The molecule has 182 valence electrons. The van der Waals surface area contributed by atoms with E-state index in [9.17, 15) is 9.50 Å². The topological polar surface area (TPSA) is 59.8 Å². The van der Waals surface area contributed by atoms with E-state index in [0.717, 1.165) is 42.6 Å². The molecule has 34 heavy (non-hydrogen) atoms. The molecule has 2 aromatic carbocycles. The summed E-state index contributed by atoms with van der Waals surface area (Å²) in [7, 11) is 0. The van der Waals surface area contributed by atoms with E-state index in [2.05, 4.69) is 11.8 Å². The Morgan fingerprint density at radius 3 is 2.59 bits per heavy atom. The van der Waals surface area contributed by atoms with E-state index in [-0.39, 0.29) is 5.75 Å². The predicted octanol–water partition coefficient (Wildman–Crippen LogP) is 5.25. The molecule has 1 saturated carbocycles. The molecular formula is C27H34FN3O3. The van der Waals surface area contributed by atoms with Crippen molar-refractivity contribution in [3.05, 3.63) is 71.7 Å². The lowest BCUT2D eigenvalue weighted by Gasteiger charge is -2.25. The first-order valence-corrected chi connectivity index (χ1v) is 12.1. The zero-order valence-corrected chi connectivity index (χ0v) is 20.0. The number of hydrogen-bond acceptors (Lipinski definition) is 5. The maximum Gasteiger partial charge on any atom is 0.227 e. The fourth-order valence-corrected chi connectivity index (χ4v) is 3.98. The number of aryl methyl sites for hydroxylation is 1. The Balaban J connectivity index is 1.59. The van der Waals surface area contributed by atoms with Crippen molar-refractivity contribution in [1.82, 2.24) is 14.7 Å². The first-order valence-electron chi connectivity index (χ1n) is 12.1. The molecule has 1 fully saturated rings. The highest BCUT2D eigenvalue weighted by molar-refractivity contribution is 5.43. The van der Waals surface area contributed by atoms with Crippen LogP contribution in [0.15, 0.2) is 54.6 Å². The minimum Gasteiger partial charge on any atom is -0.435 e. The largest absolute Gasteiger partial charge is 0.435 e. The van der Waals surface area contributed by atoms with Crippen molar-refractivity contribution in [1.29, 1.82) is 0 Å². The zero-order valence-electron chi connectivity index (χ0n) is 20.0. The van der Waals surface area contributed by atoms with Crippen molar-refractivity contribution >= 4 is 0 Å². The number of aromatic nitrogens is 2. The van der Waals surface area contributed by atoms with Crippen LogP contribution in [0.2, 0.25) is 0 Å². The number of benzene rings is 2. The standard InChI is InChI=1S/C27H34FN3O3/c1-3-4-16-33-19-23(32)17-30(21-14-15-21)18-24-20(2)29-31(22-10-6-5-7-11-22)27(24)34-26-13-9-8-12-25(26)28/h5-13,21,23,32H,3-4,14-19H2,1-2H3. The first-order chi connectivity index (χ1) is 16.6. The summed E-state index contributed by atoms with van der Waals surface area (Å²) in [5.74, 6) is 0.224. The van der Waals surface area contributed by atoms with Crippen molar-refractivity contribution in [3.8, 4) is 17.3 Å². The summed E-state index contributed by atoms with van der Waals surface area (Å²) in [6.45, 7) is 6.11. The minimum atomic E-state index is -0.571. The number of halogens is 1. The highest BCUT2D eigenvalue weighted by Gasteiger charge is 2.32. The molecule has 7 heteroatoms. The van der Waals surface area contributed by atoms with Gasteiger partial charge < -0.3 is 14.6 Å². The van der Waals surface area contributed by atoms with Gasteiger partial charge >= 0.3 is 0 Å². The summed E-state index contributed by atoms with van der Waals surface area (Å²) in [5, 5.41) is 15.3. The fraction of sp³-hybridized carbons (Fsp3) is 0.444. The molecule has 1 heterocycles. The van der Waals surface area contributed by atoms with Crippen molar-refractivity contribution in [2.24, 2.45) is 0 Å². The second-order valence-corrected chi connectivity index (χ2v) is 8.89. The molecule has 0 aliphatic heterocycles. The zero-order chi connectivity index (χ0) is 23.9. The van der Waals surface area contributed by atoms with Crippen LogP contribution in [0.25, 0.3) is 5.69 Å². The number of rotatable bonds is 13. The van der Waals surface area contributed by atoms with E-state index in [1.54, 1.807) is 22.9 Å². The third-order valence-electron chi connectivity index (χ3n) is 6.00. The van der Waals surface area contributed by atoms with Gasteiger partial charge in [-0.05, 0) is 50.5 Å². The number of unbranched alkanes of at least 4 members (excludes halogenated alkanes) is 1. The highest BCUT2D eigenvalue weighted by Crippen LogP contribution is 2.35. The van der Waals surface area contributed by atoms with Gasteiger partial charge in [-0.3, -0.25) is 4.90 Å². The number of aliphatic hydroxyl groups is 1. The summed E-state index contributed by atoms with van der Waals surface area (Å²) in [4.78, 5) is 2.27. The molecule has 3 aromatic rings. The molecule has 0 spiro atoms. The van der Waals surface area contributed by atoms with Gasteiger partial charge in [-0.1, -0.05) is 43.7 Å². The quantitative estimate of drug-likeness (QED) is 0.348. The van der Waals surface area contributed by atoms with Crippen LogP contribution in [-0.2, 0) is 11.3 Å². The average molecular weight is 468 g/mol. The molecule has 1 unspecified atom stereocenters. The van der Waals surface area contributed by atoms with Gasteiger partial charge in [-0.2, -0.15) is 5.10 Å². The second kappa shape index (κ2) is 11.6. The molecular weight excluding hydrogens is 433 g/mol. The molecule has 1 aliphatic carbocycles. The van der Waals surface area contributed by atoms with Crippen molar-refractivity contribution < 1.29 is 19.0 Å². The molecule has 0 amide bonds. The van der Waals surface area contributed by atoms with Gasteiger partial charge in [0, 0.05) is 25.7 Å².